The van der Waals surface area contributed by atoms with Crippen LogP contribution in [0.3, 0.4) is 0 Å². The van der Waals surface area contributed by atoms with Gasteiger partial charge in [-0.2, -0.15) is 0 Å². The van der Waals surface area contributed by atoms with Crippen LogP contribution < -0.4 is 10.6 Å². The molecule has 1 aliphatic carbocycles. The molecule has 1 saturated carbocycles. The summed E-state index contributed by atoms with van der Waals surface area (Å²) < 4.78 is 0. The third-order valence-electron chi connectivity index (χ3n) is 3.70. The van der Waals surface area contributed by atoms with E-state index >= 15 is 0 Å². The van der Waals surface area contributed by atoms with Gasteiger partial charge in [0.25, 0.3) is 0 Å². The molecule has 1 fully saturated rings. The van der Waals surface area contributed by atoms with Crippen LogP contribution in [0.2, 0.25) is 0 Å². The van der Waals surface area contributed by atoms with Crippen LogP contribution in [-0.2, 0) is 0 Å². The van der Waals surface area contributed by atoms with Gasteiger partial charge >= 0.3 is 5.69 Å². The molecule has 1 aromatic rings. The molecule has 1 atom stereocenters. The molecule has 0 bridgehead atoms. The Labute approximate surface area is 124 Å². The van der Waals surface area contributed by atoms with Crippen LogP contribution in [0.4, 0.5) is 17.3 Å². The minimum Gasteiger partial charge on any atom is -0.364 e. The van der Waals surface area contributed by atoms with Crippen molar-refractivity contribution in [1.82, 2.24) is 9.97 Å². The molecule has 0 saturated heterocycles. The van der Waals surface area contributed by atoms with Gasteiger partial charge in [0.15, 0.2) is 0 Å². The summed E-state index contributed by atoms with van der Waals surface area (Å²) in [5.41, 5.74) is -0.0554. The van der Waals surface area contributed by atoms with Crippen molar-refractivity contribution in [3.63, 3.8) is 0 Å². The number of hydrogen-bond acceptors (Lipinski definition) is 6. The average Bonchev–Trinajstić information content (AvgIpc) is 3.28. The molecule has 2 N–H and O–H groups in total. The fraction of sp³-hybridized carbons (Fsp3) is 0.714. The summed E-state index contributed by atoms with van der Waals surface area (Å²) in [6, 6.07) is 0.227. The molecule has 116 valence electrons. The van der Waals surface area contributed by atoms with Gasteiger partial charge in [-0.15, -0.1) is 0 Å². The zero-order chi connectivity index (χ0) is 15.2. The van der Waals surface area contributed by atoms with E-state index in [1.54, 1.807) is 0 Å². The zero-order valence-electron chi connectivity index (χ0n) is 12.6. The first-order valence-electron chi connectivity index (χ1n) is 7.65. The van der Waals surface area contributed by atoms with E-state index in [0.717, 1.165) is 25.2 Å². The molecular formula is C14H23N5O2. The Morgan fingerprint density at radius 3 is 2.67 bits per heavy atom. The highest BCUT2D eigenvalue weighted by atomic mass is 16.6. The molecule has 0 aliphatic heterocycles. The molecule has 7 nitrogen and oxygen atoms in total. The van der Waals surface area contributed by atoms with E-state index in [1.807, 2.05) is 6.92 Å². The van der Waals surface area contributed by atoms with Crippen LogP contribution >= 0.6 is 0 Å². The van der Waals surface area contributed by atoms with Crippen LogP contribution in [0.15, 0.2) is 6.33 Å². The molecule has 0 amide bonds. The predicted octanol–water partition coefficient (Wildman–Crippen LogP) is 3.20. The monoisotopic (exact) mass is 293 g/mol. The Balaban J connectivity index is 2.17. The number of rotatable bonds is 9. The van der Waals surface area contributed by atoms with E-state index in [2.05, 4.69) is 27.5 Å². The fourth-order valence-corrected chi connectivity index (χ4v) is 2.31. The largest absolute Gasteiger partial charge is 0.364 e. The number of anilines is 2. The average molecular weight is 293 g/mol. The third-order valence-corrected chi connectivity index (χ3v) is 3.70. The van der Waals surface area contributed by atoms with E-state index in [4.69, 9.17) is 0 Å². The molecular weight excluding hydrogens is 270 g/mol. The van der Waals surface area contributed by atoms with E-state index in [-0.39, 0.29) is 11.7 Å². The summed E-state index contributed by atoms with van der Waals surface area (Å²) in [5.74, 6) is 1.38. The lowest BCUT2D eigenvalue weighted by atomic mass is 10.1. The van der Waals surface area contributed by atoms with Crippen LogP contribution in [0.5, 0.6) is 0 Å². The van der Waals surface area contributed by atoms with Gasteiger partial charge in [0.05, 0.1) is 4.92 Å². The van der Waals surface area contributed by atoms with Crippen LogP contribution in [0.25, 0.3) is 0 Å². The highest BCUT2D eigenvalue weighted by Gasteiger charge is 2.28. The number of hydrogen-bond donors (Lipinski definition) is 2. The van der Waals surface area contributed by atoms with Gasteiger partial charge in [0, 0.05) is 12.6 Å². The molecule has 21 heavy (non-hydrogen) atoms. The number of nitrogens with zero attached hydrogens (tertiary/aromatic N) is 3. The first-order valence-corrected chi connectivity index (χ1v) is 7.65. The molecule has 1 aliphatic rings. The summed E-state index contributed by atoms with van der Waals surface area (Å²) in [6.45, 7) is 4.74. The van der Waals surface area contributed by atoms with E-state index < -0.39 is 4.92 Å². The molecule has 1 aromatic heterocycles. The molecule has 1 unspecified atom stereocenters. The quantitative estimate of drug-likeness (QED) is 0.536. The van der Waals surface area contributed by atoms with E-state index in [0.29, 0.717) is 18.2 Å². The Morgan fingerprint density at radius 1 is 1.38 bits per heavy atom. The van der Waals surface area contributed by atoms with Crippen LogP contribution in [0, 0.1) is 16.0 Å². The lowest BCUT2D eigenvalue weighted by Crippen LogP contribution is -2.21. The van der Waals surface area contributed by atoms with Gasteiger partial charge in [0.1, 0.15) is 6.33 Å². The summed E-state index contributed by atoms with van der Waals surface area (Å²) in [5, 5.41) is 17.6. The van der Waals surface area contributed by atoms with Crippen molar-refractivity contribution in [2.24, 2.45) is 5.92 Å². The maximum atomic E-state index is 11.4. The minimum absolute atomic E-state index is 0.0554. The first-order chi connectivity index (χ1) is 10.2. The Kier molecular flexibility index (Phi) is 5.30. The van der Waals surface area contributed by atoms with Crippen molar-refractivity contribution in [2.45, 2.75) is 52.0 Å². The highest BCUT2D eigenvalue weighted by Crippen LogP contribution is 2.36. The summed E-state index contributed by atoms with van der Waals surface area (Å²) >= 11 is 0. The van der Waals surface area contributed by atoms with Gasteiger partial charge in [0.2, 0.25) is 11.6 Å². The molecule has 0 radical (unpaired) electrons. The van der Waals surface area contributed by atoms with Crippen molar-refractivity contribution in [3.05, 3.63) is 16.4 Å². The van der Waals surface area contributed by atoms with Crippen molar-refractivity contribution in [3.8, 4) is 0 Å². The van der Waals surface area contributed by atoms with Gasteiger partial charge in [-0.05, 0) is 25.2 Å². The van der Waals surface area contributed by atoms with Gasteiger partial charge in [-0.3, -0.25) is 10.1 Å². The summed E-state index contributed by atoms with van der Waals surface area (Å²) in [7, 11) is 0. The molecule has 2 rings (SSSR count). The standard InChI is InChI=1S/C14H23N5O2/c1-3-7-15-13-12(19(20)21)14(17-9-16-13)18-11(4-2)8-10-5-6-10/h9-11H,3-8H2,1-2H3,(H2,15,16,17,18). The second kappa shape index (κ2) is 7.19. The molecule has 0 spiro atoms. The number of nitro groups is 1. The Hall–Kier alpha value is -1.92. The van der Waals surface area contributed by atoms with Gasteiger partial charge in [-0.1, -0.05) is 26.7 Å². The van der Waals surface area contributed by atoms with E-state index in [1.165, 1.54) is 19.2 Å². The topological polar surface area (TPSA) is 93.0 Å². The van der Waals surface area contributed by atoms with Crippen LogP contribution in [0.1, 0.15) is 46.0 Å². The lowest BCUT2D eigenvalue weighted by molar-refractivity contribution is -0.383. The SMILES string of the molecule is CCCNc1ncnc(NC(CC)CC2CC2)c1[N+](=O)[O-]. The second-order valence-corrected chi connectivity index (χ2v) is 5.53. The highest BCUT2D eigenvalue weighted by molar-refractivity contribution is 5.69. The van der Waals surface area contributed by atoms with Crippen molar-refractivity contribution in [1.29, 1.82) is 0 Å². The number of nitrogens with one attached hydrogen (secondary N) is 2. The van der Waals surface area contributed by atoms with Crippen LogP contribution in [-0.4, -0.2) is 27.5 Å². The maximum absolute atomic E-state index is 11.4. The molecule has 1 heterocycles. The third kappa shape index (κ3) is 4.27. The van der Waals surface area contributed by atoms with Crippen molar-refractivity contribution < 1.29 is 4.92 Å². The zero-order valence-corrected chi connectivity index (χ0v) is 12.6. The van der Waals surface area contributed by atoms with Gasteiger partial charge < -0.3 is 10.6 Å². The second-order valence-electron chi connectivity index (χ2n) is 5.53. The van der Waals surface area contributed by atoms with Gasteiger partial charge in [-0.25, -0.2) is 9.97 Å². The summed E-state index contributed by atoms with van der Waals surface area (Å²) in [6.07, 6.45) is 6.77. The minimum atomic E-state index is -0.413. The van der Waals surface area contributed by atoms with E-state index in [9.17, 15) is 10.1 Å². The van der Waals surface area contributed by atoms with Crippen molar-refractivity contribution in [2.75, 3.05) is 17.2 Å². The summed E-state index contributed by atoms with van der Waals surface area (Å²) in [4.78, 5) is 19.0. The Bertz CT molecular complexity index is 490. The maximum Gasteiger partial charge on any atom is 0.353 e. The smallest absolute Gasteiger partial charge is 0.353 e. The molecule has 0 aromatic carbocycles. The van der Waals surface area contributed by atoms with Crippen molar-refractivity contribution >= 4 is 17.3 Å². The number of aromatic nitrogens is 2. The lowest BCUT2D eigenvalue weighted by Gasteiger charge is -2.17. The fourth-order valence-electron chi connectivity index (χ4n) is 2.31. The normalized spacial score (nSPS) is 15.5. The first kappa shape index (κ1) is 15.5. The molecule has 7 heteroatoms. The predicted molar refractivity (Wildman–Crippen MR) is 82.5 cm³/mol. The Morgan fingerprint density at radius 2 is 2.10 bits per heavy atom.